The van der Waals surface area contributed by atoms with Crippen LogP contribution in [0.2, 0.25) is 0 Å². The Morgan fingerprint density at radius 3 is 2.43 bits per heavy atom. The molecule has 0 bridgehead atoms. The molecule has 0 radical (unpaired) electrons. The lowest BCUT2D eigenvalue weighted by atomic mass is 10.1. The maximum Gasteiger partial charge on any atom is 0.141 e. The molecule has 1 N–H and O–H groups in total. The molecule has 1 unspecified atom stereocenters. The van der Waals surface area contributed by atoms with E-state index in [4.69, 9.17) is 4.74 Å². The van der Waals surface area contributed by atoms with Crippen LogP contribution in [0.15, 0.2) is 51.4 Å². The summed E-state index contributed by atoms with van der Waals surface area (Å²) in [4.78, 5) is 0. The van der Waals surface area contributed by atoms with Gasteiger partial charge in [0.05, 0.1) is 8.95 Å². The quantitative estimate of drug-likeness (QED) is 0.622. The number of halogens is 2. The number of benzene rings is 2. The fourth-order valence-electron chi connectivity index (χ4n) is 1.99. The van der Waals surface area contributed by atoms with Gasteiger partial charge in [-0.05, 0) is 81.6 Å². The van der Waals surface area contributed by atoms with E-state index in [1.54, 1.807) is 0 Å². The van der Waals surface area contributed by atoms with E-state index in [1.165, 1.54) is 5.56 Å². The molecule has 0 aromatic heterocycles. The summed E-state index contributed by atoms with van der Waals surface area (Å²) in [6.07, 6.45) is 1.13. The normalized spacial score (nSPS) is 12.2. The van der Waals surface area contributed by atoms with Crippen molar-refractivity contribution in [3.63, 3.8) is 0 Å². The second-order valence-electron chi connectivity index (χ2n) is 4.90. The number of nitrogens with one attached hydrogen (secondary N) is 1. The fourth-order valence-corrected chi connectivity index (χ4v) is 2.84. The van der Waals surface area contributed by atoms with Gasteiger partial charge in [0.15, 0.2) is 0 Å². The summed E-state index contributed by atoms with van der Waals surface area (Å²) in [5.41, 5.74) is 1.25. The van der Waals surface area contributed by atoms with Crippen LogP contribution in [-0.4, -0.2) is 6.54 Å². The van der Waals surface area contributed by atoms with E-state index in [-0.39, 0.29) is 0 Å². The lowest BCUT2D eigenvalue weighted by Crippen LogP contribution is -2.19. The maximum absolute atomic E-state index is 5.94. The minimum Gasteiger partial charge on any atom is -0.455 e. The maximum atomic E-state index is 5.94. The summed E-state index contributed by atoms with van der Waals surface area (Å²) in [6.45, 7) is 5.37. The zero-order valence-electron chi connectivity index (χ0n) is 12.2. The lowest BCUT2D eigenvalue weighted by molar-refractivity contribution is 0.475. The summed E-state index contributed by atoms with van der Waals surface area (Å²) in [5.74, 6) is 1.62. The molecule has 1 atom stereocenters. The lowest BCUT2D eigenvalue weighted by Gasteiger charge is -2.16. The molecule has 0 spiro atoms. The predicted octanol–water partition coefficient (Wildman–Crippen LogP) is 6.06. The molecule has 0 aliphatic carbocycles. The highest BCUT2D eigenvalue weighted by molar-refractivity contribution is 9.11. The molecule has 4 heteroatoms. The monoisotopic (exact) mass is 411 g/mol. The summed E-state index contributed by atoms with van der Waals surface area (Å²) in [7, 11) is 0. The number of ether oxygens (including phenoxy) is 1. The molecule has 0 amide bonds. The van der Waals surface area contributed by atoms with Crippen molar-refractivity contribution in [1.82, 2.24) is 5.32 Å². The SMILES string of the molecule is CCCNC(C)c1ccc(Oc2ccccc2Br)c(Br)c1. The highest BCUT2D eigenvalue weighted by Gasteiger charge is 2.09. The molecule has 0 saturated heterocycles. The number of hydrogen-bond donors (Lipinski definition) is 1. The zero-order valence-corrected chi connectivity index (χ0v) is 15.4. The van der Waals surface area contributed by atoms with Crippen molar-refractivity contribution in [3.8, 4) is 11.5 Å². The van der Waals surface area contributed by atoms with E-state index in [1.807, 2.05) is 30.3 Å². The van der Waals surface area contributed by atoms with E-state index in [0.29, 0.717) is 6.04 Å². The van der Waals surface area contributed by atoms with Crippen molar-refractivity contribution in [3.05, 3.63) is 57.0 Å². The van der Waals surface area contributed by atoms with Gasteiger partial charge >= 0.3 is 0 Å². The van der Waals surface area contributed by atoms with Crippen molar-refractivity contribution in [1.29, 1.82) is 0 Å². The Morgan fingerprint density at radius 1 is 1.05 bits per heavy atom. The van der Waals surface area contributed by atoms with Crippen LogP contribution >= 0.6 is 31.9 Å². The fraction of sp³-hybridized carbons (Fsp3) is 0.294. The van der Waals surface area contributed by atoms with E-state index >= 15 is 0 Å². The molecular formula is C17H19Br2NO. The van der Waals surface area contributed by atoms with Gasteiger partial charge in [-0.15, -0.1) is 0 Å². The molecule has 2 nitrogen and oxygen atoms in total. The van der Waals surface area contributed by atoms with Crippen LogP contribution in [0, 0.1) is 0 Å². The number of rotatable bonds is 6. The minimum absolute atomic E-state index is 0.332. The largest absolute Gasteiger partial charge is 0.455 e. The predicted molar refractivity (Wildman–Crippen MR) is 95.1 cm³/mol. The first-order valence-corrected chi connectivity index (χ1v) is 8.65. The molecular weight excluding hydrogens is 394 g/mol. The van der Waals surface area contributed by atoms with Crippen molar-refractivity contribution < 1.29 is 4.74 Å². The van der Waals surface area contributed by atoms with E-state index in [2.05, 4.69) is 63.2 Å². The molecule has 0 fully saturated rings. The van der Waals surface area contributed by atoms with Gasteiger partial charge in [-0.1, -0.05) is 25.1 Å². The first-order chi connectivity index (χ1) is 10.1. The number of para-hydroxylation sites is 1. The van der Waals surface area contributed by atoms with Gasteiger partial charge in [0.1, 0.15) is 11.5 Å². The first-order valence-electron chi connectivity index (χ1n) is 7.07. The third kappa shape index (κ3) is 4.56. The smallest absolute Gasteiger partial charge is 0.141 e. The van der Waals surface area contributed by atoms with Gasteiger partial charge in [-0.3, -0.25) is 0 Å². The summed E-state index contributed by atoms with van der Waals surface area (Å²) < 4.78 is 7.84. The Bertz CT molecular complexity index is 601. The zero-order chi connectivity index (χ0) is 15.2. The Labute approximate surface area is 143 Å². The van der Waals surface area contributed by atoms with Crippen molar-refractivity contribution in [2.75, 3.05) is 6.54 Å². The topological polar surface area (TPSA) is 21.3 Å². The first kappa shape index (κ1) is 16.5. The average molecular weight is 413 g/mol. The van der Waals surface area contributed by atoms with Crippen molar-refractivity contribution >= 4 is 31.9 Å². The van der Waals surface area contributed by atoms with Crippen molar-refractivity contribution in [2.24, 2.45) is 0 Å². The second-order valence-corrected chi connectivity index (χ2v) is 6.61. The van der Waals surface area contributed by atoms with Crippen molar-refractivity contribution in [2.45, 2.75) is 26.3 Å². The summed E-state index contributed by atoms with van der Waals surface area (Å²) in [6, 6.07) is 14.4. The Morgan fingerprint density at radius 2 is 1.76 bits per heavy atom. The van der Waals surface area contributed by atoms with Crippen LogP contribution in [0.4, 0.5) is 0 Å². The van der Waals surface area contributed by atoms with Crippen LogP contribution in [0.1, 0.15) is 31.9 Å². The number of hydrogen-bond acceptors (Lipinski definition) is 2. The van der Waals surface area contributed by atoms with Crippen LogP contribution in [-0.2, 0) is 0 Å². The minimum atomic E-state index is 0.332. The Kier molecular flexibility index (Phi) is 6.27. The molecule has 0 saturated carbocycles. The molecule has 2 aromatic rings. The molecule has 0 heterocycles. The molecule has 0 aliphatic heterocycles. The summed E-state index contributed by atoms with van der Waals surface area (Å²) >= 11 is 7.09. The van der Waals surface area contributed by atoms with E-state index in [0.717, 1.165) is 33.4 Å². The third-order valence-electron chi connectivity index (χ3n) is 3.21. The van der Waals surface area contributed by atoms with E-state index in [9.17, 15) is 0 Å². The van der Waals surface area contributed by atoms with Gasteiger partial charge in [0.25, 0.3) is 0 Å². The van der Waals surface area contributed by atoms with Crippen LogP contribution < -0.4 is 10.1 Å². The molecule has 112 valence electrons. The van der Waals surface area contributed by atoms with Gasteiger partial charge in [0.2, 0.25) is 0 Å². The Balaban J connectivity index is 2.14. The second kappa shape index (κ2) is 7.97. The molecule has 2 rings (SSSR count). The molecule has 0 aliphatic rings. The van der Waals surface area contributed by atoms with Gasteiger partial charge in [-0.2, -0.15) is 0 Å². The molecule has 21 heavy (non-hydrogen) atoms. The highest BCUT2D eigenvalue weighted by Crippen LogP contribution is 2.35. The van der Waals surface area contributed by atoms with Gasteiger partial charge in [-0.25, -0.2) is 0 Å². The highest BCUT2D eigenvalue weighted by atomic mass is 79.9. The van der Waals surface area contributed by atoms with Crippen LogP contribution in [0.5, 0.6) is 11.5 Å². The molecule has 2 aromatic carbocycles. The van der Waals surface area contributed by atoms with Crippen LogP contribution in [0.25, 0.3) is 0 Å². The standard InChI is InChI=1S/C17H19Br2NO/c1-3-10-20-12(2)13-8-9-17(15(19)11-13)21-16-7-5-4-6-14(16)18/h4-9,11-12,20H,3,10H2,1-2H3. The van der Waals surface area contributed by atoms with Gasteiger partial charge < -0.3 is 10.1 Å². The van der Waals surface area contributed by atoms with Crippen LogP contribution in [0.3, 0.4) is 0 Å². The summed E-state index contributed by atoms with van der Waals surface area (Å²) in [5, 5.41) is 3.48. The average Bonchev–Trinajstić information content (AvgIpc) is 2.49. The van der Waals surface area contributed by atoms with Gasteiger partial charge in [0, 0.05) is 6.04 Å². The Hall–Kier alpha value is -0.840. The third-order valence-corrected chi connectivity index (χ3v) is 4.49. The van der Waals surface area contributed by atoms with E-state index < -0.39 is 0 Å².